The van der Waals surface area contributed by atoms with E-state index in [2.05, 4.69) is 20.4 Å². The molecule has 2 aromatic carbocycles. The molecule has 4 rings (SSSR count). The molecule has 1 saturated heterocycles. The van der Waals surface area contributed by atoms with Crippen molar-refractivity contribution in [3.05, 3.63) is 69.7 Å². The molecule has 1 aromatic heterocycles. The first-order chi connectivity index (χ1) is 14.0. The van der Waals surface area contributed by atoms with Gasteiger partial charge in [0.15, 0.2) is 5.82 Å². The normalized spacial score (nSPS) is 14.9. The largest absolute Gasteiger partial charge is 0.336 e. The third-order valence-corrected chi connectivity index (χ3v) is 5.33. The minimum absolute atomic E-state index is 0.137. The number of hydrogen-bond acceptors (Lipinski definition) is 5. The Hall–Kier alpha value is -2.55. The number of carbonyl (C=O) groups excluding carboxylic acids is 1. The fraction of sp³-hybridized carbons (Fsp3) is 0.263. The zero-order chi connectivity index (χ0) is 20.4. The van der Waals surface area contributed by atoms with Gasteiger partial charge in [-0.2, -0.15) is 4.68 Å². The molecular formula is C19H17Cl2FN6O. The number of halogens is 3. The Labute approximate surface area is 176 Å². The number of tetrazole rings is 1. The van der Waals surface area contributed by atoms with Gasteiger partial charge in [0.25, 0.3) is 5.91 Å². The molecule has 0 radical (unpaired) electrons. The molecule has 0 bridgehead atoms. The number of rotatable bonds is 4. The van der Waals surface area contributed by atoms with Crippen molar-refractivity contribution in [2.75, 3.05) is 26.2 Å². The predicted molar refractivity (Wildman–Crippen MR) is 107 cm³/mol. The summed E-state index contributed by atoms with van der Waals surface area (Å²) in [7, 11) is 0. The van der Waals surface area contributed by atoms with Crippen LogP contribution in [-0.2, 0) is 6.54 Å². The molecule has 1 aliphatic heterocycles. The van der Waals surface area contributed by atoms with Gasteiger partial charge in [0.2, 0.25) is 0 Å². The monoisotopic (exact) mass is 434 g/mol. The third kappa shape index (κ3) is 4.39. The van der Waals surface area contributed by atoms with Crippen molar-refractivity contribution in [2.24, 2.45) is 0 Å². The lowest BCUT2D eigenvalue weighted by Crippen LogP contribution is -2.48. The maximum Gasteiger partial charge on any atom is 0.255 e. The van der Waals surface area contributed by atoms with E-state index in [9.17, 15) is 9.18 Å². The summed E-state index contributed by atoms with van der Waals surface area (Å²) in [6.45, 7) is 2.88. The second-order valence-corrected chi connectivity index (χ2v) is 7.52. The topological polar surface area (TPSA) is 67.2 Å². The Balaban J connectivity index is 1.41. The maximum absolute atomic E-state index is 13.5. The molecular weight excluding hydrogens is 418 g/mol. The summed E-state index contributed by atoms with van der Waals surface area (Å²) in [6.07, 6.45) is 0. The Morgan fingerprint density at radius 3 is 2.62 bits per heavy atom. The predicted octanol–water partition coefficient (Wildman–Crippen LogP) is 3.07. The highest BCUT2D eigenvalue weighted by Crippen LogP contribution is 2.23. The van der Waals surface area contributed by atoms with E-state index in [1.165, 1.54) is 16.8 Å². The number of hydrogen-bond donors (Lipinski definition) is 0. The lowest BCUT2D eigenvalue weighted by atomic mass is 10.1. The molecule has 7 nitrogen and oxygen atoms in total. The number of aromatic nitrogens is 4. The molecule has 0 unspecified atom stereocenters. The van der Waals surface area contributed by atoms with Gasteiger partial charge in [0.05, 0.1) is 22.8 Å². The summed E-state index contributed by atoms with van der Waals surface area (Å²) in [6, 6.07) is 11.0. The van der Waals surface area contributed by atoms with Crippen LogP contribution in [0.15, 0.2) is 42.5 Å². The van der Waals surface area contributed by atoms with Crippen LogP contribution in [0.1, 0.15) is 16.2 Å². The van der Waals surface area contributed by atoms with E-state index in [4.69, 9.17) is 23.2 Å². The molecule has 150 valence electrons. The Morgan fingerprint density at radius 2 is 1.86 bits per heavy atom. The smallest absolute Gasteiger partial charge is 0.255 e. The van der Waals surface area contributed by atoms with Crippen LogP contribution in [0.25, 0.3) is 5.69 Å². The lowest BCUT2D eigenvalue weighted by molar-refractivity contribution is 0.0624. The molecule has 0 saturated carbocycles. The second-order valence-electron chi connectivity index (χ2n) is 6.68. The van der Waals surface area contributed by atoms with Crippen molar-refractivity contribution in [3.8, 4) is 5.69 Å². The maximum atomic E-state index is 13.5. The van der Waals surface area contributed by atoms with Gasteiger partial charge in [-0.1, -0.05) is 29.3 Å². The lowest BCUT2D eigenvalue weighted by Gasteiger charge is -2.34. The first kappa shape index (κ1) is 19.8. The standard InChI is InChI=1S/C19H17Cl2FN6O/c20-13-4-5-17(21)16(10-13)19(29)27-8-6-26(7-9-27)12-18-23-24-25-28(18)15-3-1-2-14(22)11-15/h1-5,10-11H,6-9,12H2. The molecule has 10 heteroatoms. The summed E-state index contributed by atoms with van der Waals surface area (Å²) < 4.78 is 15.0. The summed E-state index contributed by atoms with van der Waals surface area (Å²) >= 11 is 12.1. The van der Waals surface area contributed by atoms with Gasteiger partial charge in [-0.05, 0) is 46.8 Å². The Morgan fingerprint density at radius 1 is 1.07 bits per heavy atom. The van der Waals surface area contributed by atoms with Gasteiger partial charge in [-0.15, -0.1) is 5.10 Å². The SMILES string of the molecule is O=C(c1cc(Cl)ccc1Cl)N1CCN(Cc2nnnn2-c2cccc(F)c2)CC1. The van der Waals surface area contributed by atoms with E-state index in [0.29, 0.717) is 59.8 Å². The Kier molecular flexibility index (Phi) is 5.75. The summed E-state index contributed by atoms with van der Waals surface area (Å²) in [5.41, 5.74) is 0.970. The molecule has 0 atom stereocenters. The number of piperazine rings is 1. The van der Waals surface area contributed by atoms with E-state index in [1.54, 1.807) is 35.2 Å². The van der Waals surface area contributed by atoms with Crippen molar-refractivity contribution in [1.29, 1.82) is 0 Å². The molecule has 3 aromatic rings. The average Bonchev–Trinajstić information content (AvgIpc) is 3.18. The van der Waals surface area contributed by atoms with Crippen LogP contribution < -0.4 is 0 Å². The first-order valence-corrected chi connectivity index (χ1v) is 9.77. The minimum atomic E-state index is -0.351. The molecule has 0 spiro atoms. The number of nitrogens with zero attached hydrogens (tertiary/aromatic N) is 6. The van der Waals surface area contributed by atoms with E-state index in [0.717, 1.165) is 0 Å². The highest BCUT2D eigenvalue weighted by molar-refractivity contribution is 6.35. The van der Waals surface area contributed by atoms with Gasteiger partial charge < -0.3 is 4.90 Å². The summed E-state index contributed by atoms with van der Waals surface area (Å²) in [5.74, 6) is 0.116. The number of amides is 1. The summed E-state index contributed by atoms with van der Waals surface area (Å²) in [4.78, 5) is 16.7. The first-order valence-electron chi connectivity index (χ1n) is 9.01. The van der Waals surface area contributed by atoms with E-state index >= 15 is 0 Å². The van der Waals surface area contributed by atoms with Crippen molar-refractivity contribution >= 4 is 29.1 Å². The molecule has 1 aliphatic rings. The van der Waals surface area contributed by atoms with Crippen LogP contribution in [0.2, 0.25) is 10.0 Å². The zero-order valence-electron chi connectivity index (χ0n) is 15.3. The quantitative estimate of drug-likeness (QED) is 0.630. The van der Waals surface area contributed by atoms with Crippen molar-refractivity contribution < 1.29 is 9.18 Å². The van der Waals surface area contributed by atoms with Crippen LogP contribution >= 0.6 is 23.2 Å². The van der Waals surface area contributed by atoms with Crippen molar-refractivity contribution in [2.45, 2.75) is 6.54 Å². The van der Waals surface area contributed by atoms with Crippen LogP contribution in [0, 0.1) is 5.82 Å². The molecule has 0 aliphatic carbocycles. The van der Waals surface area contributed by atoms with Crippen LogP contribution in [0.5, 0.6) is 0 Å². The fourth-order valence-corrected chi connectivity index (χ4v) is 3.62. The molecule has 2 heterocycles. The van der Waals surface area contributed by atoms with Crippen molar-refractivity contribution in [1.82, 2.24) is 30.0 Å². The van der Waals surface area contributed by atoms with Crippen LogP contribution in [0.3, 0.4) is 0 Å². The van der Waals surface area contributed by atoms with Gasteiger partial charge in [-0.25, -0.2) is 4.39 Å². The van der Waals surface area contributed by atoms with Crippen LogP contribution in [0.4, 0.5) is 4.39 Å². The third-order valence-electron chi connectivity index (χ3n) is 4.77. The zero-order valence-corrected chi connectivity index (χ0v) is 16.8. The second kappa shape index (κ2) is 8.44. The Bertz CT molecular complexity index is 1040. The van der Waals surface area contributed by atoms with Gasteiger partial charge in [0, 0.05) is 31.2 Å². The fourth-order valence-electron chi connectivity index (χ4n) is 3.25. The molecule has 1 amide bonds. The molecule has 1 fully saturated rings. The highest BCUT2D eigenvalue weighted by Gasteiger charge is 2.25. The van der Waals surface area contributed by atoms with Gasteiger partial charge in [0.1, 0.15) is 5.82 Å². The summed E-state index contributed by atoms with van der Waals surface area (Å²) in [5, 5.41) is 12.6. The average molecular weight is 435 g/mol. The molecule has 0 N–H and O–H groups in total. The van der Waals surface area contributed by atoms with E-state index in [1.807, 2.05) is 0 Å². The van der Waals surface area contributed by atoms with E-state index < -0.39 is 0 Å². The van der Waals surface area contributed by atoms with Crippen molar-refractivity contribution in [3.63, 3.8) is 0 Å². The minimum Gasteiger partial charge on any atom is -0.336 e. The highest BCUT2D eigenvalue weighted by atomic mass is 35.5. The van der Waals surface area contributed by atoms with E-state index in [-0.39, 0.29) is 11.7 Å². The van der Waals surface area contributed by atoms with Crippen LogP contribution in [-0.4, -0.2) is 62.1 Å². The van der Waals surface area contributed by atoms with Gasteiger partial charge >= 0.3 is 0 Å². The van der Waals surface area contributed by atoms with Gasteiger partial charge in [-0.3, -0.25) is 9.69 Å². The number of carbonyl (C=O) groups is 1. The molecule has 29 heavy (non-hydrogen) atoms. The number of benzene rings is 2.